The van der Waals surface area contributed by atoms with Gasteiger partial charge in [0.15, 0.2) is 0 Å². The molecule has 1 aromatic heterocycles. The van der Waals surface area contributed by atoms with Crippen LogP contribution >= 0.6 is 11.3 Å². The van der Waals surface area contributed by atoms with Gasteiger partial charge in [-0.2, -0.15) is 0 Å². The molecule has 3 N–H and O–H groups in total. The summed E-state index contributed by atoms with van der Waals surface area (Å²) in [6.07, 6.45) is 0. The van der Waals surface area contributed by atoms with Gasteiger partial charge in [0.1, 0.15) is 6.04 Å². The Bertz CT molecular complexity index is 683. The highest BCUT2D eigenvalue weighted by atomic mass is 32.1. The molecule has 134 valence electrons. The van der Waals surface area contributed by atoms with E-state index in [1.54, 1.807) is 18.3 Å². The van der Waals surface area contributed by atoms with Crippen molar-refractivity contribution in [1.29, 1.82) is 0 Å². The maximum Gasteiger partial charge on any atom is 0.242 e. The predicted octanol–water partition coefficient (Wildman–Crippen LogP) is 2.38. The van der Waals surface area contributed by atoms with Gasteiger partial charge >= 0.3 is 0 Å². The molecule has 2 amide bonds. The third kappa shape index (κ3) is 5.69. The van der Waals surface area contributed by atoms with Crippen molar-refractivity contribution in [2.24, 2.45) is 0 Å². The predicted molar refractivity (Wildman–Crippen MR) is 102 cm³/mol. The van der Waals surface area contributed by atoms with Crippen molar-refractivity contribution in [2.45, 2.75) is 32.9 Å². The van der Waals surface area contributed by atoms with Crippen LogP contribution in [0.1, 0.15) is 35.9 Å². The minimum atomic E-state index is -0.547. The van der Waals surface area contributed by atoms with Gasteiger partial charge in [-0.3, -0.25) is 14.9 Å². The summed E-state index contributed by atoms with van der Waals surface area (Å²) >= 11 is 1.65. The van der Waals surface area contributed by atoms with E-state index in [1.807, 2.05) is 25.3 Å². The summed E-state index contributed by atoms with van der Waals surface area (Å²) in [5.74, 6) is -0.378. The molecule has 2 atom stereocenters. The minimum Gasteiger partial charge on any atom is -0.355 e. The van der Waals surface area contributed by atoms with Crippen molar-refractivity contribution >= 4 is 23.2 Å². The van der Waals surface area contributed by atoms with E-state index in [-0.39, 0.29) is 24.4 Å². The normalized spacial score (nSPS) is 13.1. The maximum atomic E-state index is 12.2. The molecule has 2 rings (SSSR count). The lowest BCUT2D eigenvalue weighted by Crippen LogP contribution is -2.47. The molecule has 1 heterocycles. The molecule has 0 saturated carbocycles. The fraction of sp³-hybridized carbons (Fsp3) is 0.368. The van der Waals surface area contributed by atoms with Crippen LogP contribution in [0.5, 0.6) is 0 Å². The molecule has 0 fully saturated rings. The van der Waals surface area contributed by atoms with Crippen molar-refractivity contribution in [1.82, 2.24) is 16.0 Å². The SMILES string of the molecule is CCNC(=O)[C@H](C)NC(=O)CN[C@H](c1ccc(C)cc1)c1cccs1. The number of benzene rings is 1. The number of carbonyl (C=O) groups excluding carboxylic acids is 2. The van der Waals surface area contributed by atoms with Gasteiger partial charge in [-0.25, -0.2) is 0 Å². The molecule has 0 aliphatic rings. The lowest BCUT2D eigenvalue weighted by atomic mass is 10.0. The van der Waals surface area contributed by atoms with Crippen LogP contribution in [-0.4, -0.2) is 30.9 Å². The van der Waals surface area contributed by atoms with Gasteiger partial charge < -0.3 is 10.6 Å². The fourth-order valence-electron chi connectivity index (χ4n) is 2.48. The molecule has 0 bridgehead atoms. The largest absolute Gasteiger partial charge is 0.355 e. The van der Waals surface area contributed by atoms with Crippen LogP contribution in [0, 0.1) is 6.92 Å². The van der Waals surface area contributed by atoms with Crippen LogP contribution in [-0.2, 0) is 9.59 Å². The molecule has 0 radical (unpaired) electrons. The van der Waals surface area contributed by atoms with E-state index in [0.29, 0.717) is 6.54 Å². The Kier molecular flexibility index (Phi) is 7.16. The Morgan fingerprint density at radius 1 is 1.16 bits per heavy atom. The standard InChI is InChI=1S/C19H25N3O2S/c1-4-20-19(24)14(3)22-17(23)12-21-18(16-6-5-11-25-16)15-9-7-13(2)8-10-15/h5-11,14,18,21H,4,12H2,1-3H3,(H,20,24)(H,22,23)/t14-,18+/m0/s1. The molecule has 6 heteroatoms. The number of carbonyl (C=O) groups is 2. The Hall–Kier alpha value is -2.18. The van der Waals surface area contributed by atoms with E-state index in [1.165, 1.54) is 5.56 Å². The molecule has 1 aromatic carbocycles. The van der Waals surface area contributed by atoms with E-state index < -0.39 is 6.04 Å². The smallest absolute Gasteiger partial charge is 0.242 e. The lowest BCUT2D eigenvalue weighted by molar-refractivity contribution is -0.128. The molecular formula is C19H25N3O2S. The van der Waals surface area contributed by atoms with Crippen LogP contribution in [0.2, 0.25) is 0 Å². The molecule has 0 aliphatic carbocycles. The van der Waals surface area contributed by atoms with Crippen LogP contribution < -0.4 is 16.0 Å². The quantitative estimate of drug-likeness (QED) is 0.678. The summed E-state index contributed by atoms with van der Waals surface area (Å²) in [6, 6.07) is 11.7. The molecule has 0 unspecified atom stereocenters. The molecule has 0 saturated heterocycles. The van der Waals surface area contributed by atoms with Gasteiger partial charge in [0, 0.05) is 11.4 Å². The number of hydrogen-bond donors (Lipinski definition) is 3. The number of amides is 2. The number of nitrogens with one attached hydrogen (secondary N) is 3. The first-order valence-corrected chi connectivity index (χ1v) is 9.29. The third-order valence-corrected chi connectivity index (χ3v) is 4.76. The second-order valence-electron chi connectivity index (χ2n) is 5.92. The Morgan fingerprint density at radius 3 is 2.48 bits per heavy atom. The summed E-state index contributed by atoms with van der Waals surface area (Å²) in [5, 5.41) is 10.7. The first-order chi connectivity index (χ1) is 12.0. The van der Waals surface area contributed by atoms with Gasteiger partial charge in [0.25, 0.3) is 0 Å². The summed E-state index contributed by atoms with van der Waals surface area (Å²) in [7, 11) is 0. The summed E-state index contributed by atoms with van der Waals surface area (Å²) in [5.41, 5.74) is 2.31. The number of thiophene rings is 1. The van der Waals surface area contributed by atoms with Crippen LogP contribution in [0.4, 0.5) is 0 Å². The first-order valence-electron chi connectivity index (χ1n) is 8.41. The van der Waals surface area contributed by atoms with Crippen molar-refractivity contribution in [3.05, 3.63) is 57.8 Å². The number of hydrogen-bond acceptors (Lipinski definition) is 4. The zero-order valence-corrected chi connectivity index (χ0v) is 15.7. The molecular weight excluding hydrogens is 334 g/mol. The molecule has 5 nitrogen and oxygen atoms in total. The second kappa shape index (κ2) is 9.34. The Morgan fingerprint density at radius 2 is 1.88 bits per heavy atom. The van der Waals surface area contributed by atoms with Crippen LogP contribution in [0.25, 0.3) is 0 Å². The zero-order valence-electron chi connectivity index (χ0n) is 14.8. The highest BCUT2D eigenvalue weighted by molar-refractivity contribution is 7.10. The van der Waals surface area contributed by atoms with Gasteiger partial charge in [0.2, 0.25) is 11.8 Å². The minimum absolute atomic E-state index is 0.0499. The summed E-state index contributed by atoms with van der Waals surface area (Å²) in [6.45, 7) is 6.26. The Labute approximate surface area is 152 Å². The van der Waals surface area contributed by atoms with E-state index in [2.05, 4.69) is 46.3 Å². The highest BCUT2D eigenvalue weighted by Gasteiger charge is 2.18. The molecule has 25 heavy (non-hydrogen) atoms. The van der Waals surface area contributed by atoms with Gasteiger partial charge in [-0.15, -0.1) is 11.3 Å². The van der Waals surface area contributed by atoms with Gasteiger partial charge in [-0.1, -0.05) is 35.9 Å². The number of aryl methyl sites for hydroxylation is 1. The van der Waals surface area contributed by atoms with E-state index >= 15 is 0 Å². The monoisotopic (exact) mass is 359 g/mol. The zero-order chi connectivity index (χ0) is 18.2. The van der Waals surface area contributed by atoms with Crippen LogP contribution in [0.3, 0.4) is 0 Å². The van der Waals surface area contributed by atoms with Crippen molar-refractivity contribution in [2.75, 3.05) is 13.1 Å². The molecule has 0 aliphatic heterocycles. The Balaban J connectivity index is 1.99. The average Bonchev–Trinajstić information content (AvgIpc) is 3.11. The molecule has 2 aromatic rings. The summed E-state index contributed by atoms with van der Waals surface area (Å²) in [4.78, 5) is 25.0. The van der Waals surface area contributed by atoms with Crippen molar-refractivity contribution in [3.8, 4) is 0 Å². The number of rotatable bonds is 8. The van der Waals surface area contributed by atoms with E-state index in [9.17, 15) is 9.59 Å². The van der Waals surface area contributed by atoms with Gasteiger partial charge in [-0.05, 0) is 37.8 Å². The van der Waals surface area contributed by atoms with Crippen molar-refractivity contribution < 1.29 is 9.59 Å². The fourth-order valence-corrected chi connectivity index (χ4v) is 3.30. The first kappa shape index (κ1) is 19.1. The van der Waals surface area contributed by atoms with E-state index in [4.69, 9.17) is 0 Å². The highest BCUT2D eigenvalue weighted by Crippen LogP contribution is 2.26. The lowest BCUT2D eigenvalue weighted by Gasteiger charge is -2.19. The third-order valence-electron chi connectivity index (χ3n) is 3.83. The van der Waals surface area contributed by atoms with Gasteiger partial charge in [0.05, 0.1) is 12.6 Å². The topological polar surface area (TPSA) is 70.2 Å². The van der Waals surface area contributed by atoms with Crippen LogP contribution in [0.15, 0.2) is 41.8 Å². The second-order valence-corrected chi connectivity index (χ2v) is 6.90. The summed E-state index contributed by atoms with van der Waals surface area (Å²) < 4.78 is 0. The maximum absolute atomic E-state index is 12.2. The van der Waals surface area contributed by atoms with E-state index in [0.717, 1.165) is 10.4 Å². The molecule has 0 spiro atoms. The average molecular weight is 359 g/mol. The number of likely N-dealkylation sites (N-methyl/N-ethyl adjacent to an activating group) is 1. The van der Waals surface area contributed by atoms with Crippen molar-refractivity contribution in [3.63, 3.8) is 0 Å².